The first kappa shape index (κ1) is 10.4. The fourth-order valence-corrected chi connectivity index (χ4v) is 1.36. The van der Waals surface area contributed by atoms with Crippen molar-refractivity contribution < 1.29 is 0 Å². The number of benzene rings is 2. The molecule has 80 valence electrons. The molecule has 0 aromatic heterocycles. The highest BCUT2D eigenvalue weighted by Gasteiger charge is 1.89. The molecule has 0 saturated heterocycles. The lowest BCUT2D eigenvalue weighted by Gasteiger charge is -1.96. The smallest absolute Gasteiger partial charge is 0.0631 e. The summed E-state index contributed by atoms with van der Waals surface area (Å²) in [6.45, 7) is 2.07. The largest absolute Gasteiger partial charge is 0.399 e. The average molecular weight is 210 g/mol. The van der Waals surface area contributed by atoms with E-state index in [9.17, 15) is 0 Å². The van der Waals surface area contributed by atoms with Crippen LogP contribution < -0.4 is 5.73 Å². The predicted octanol–water partition coefficient (Wildman–Crippen LogP) is 3.33. The van der Waals surface area contributed by atoms with Crippen LogP contribution in [0.5, 0.6) is 0 Å². The molecule has 2 heteroatoms. The van der Waals surface area contributed by atoms with Crippen LogP contribution in [0.2, 0.25) is 0 Å². The standard InChI is InChI=1S/C14H14N2/c1-11-2-4-12(5-3-11)10-16-14-8-6-13(15)7-9-14/h2-10H,15H2,1H3. The van der Waals surface area contributed by atoms with Crippen LogP contribution >= 0.6 is 0 Å². The number of anilines is 1. The van der Waals surface area contributed by atoms with Crippen LogP contribution in [0.15, 0.2) is 53.5 Å². The fraction of sp³-hybridized carbons (Fsp3) is 0.0714. The molecule has 0 bridgehead atoms. The molecule has 0 amide bonds. The van der Waals surface area contributed by atoms with Crippen LogP contribution in [0.1, 0.15) is 11.1 Å². The third-order valence-electron chi connectivity index (χ3n) is 2.33. The van der Waals surface area contributed by atoms with E-state index in [0.29, 0.717) is 0 Å². The van der Waals surface area contributed by atoms with E-state index < -0.39 is 0 Å². The SMILES string of the molecule is Cc1ccc(C=Nc2ccc(N)cc2)cc1. The van der Waals surface area contributed by atoms with Crippen molar-refractivity contribution >= 4 is 17.6 Å². The van der Waals surface area contributed by atoms with Crippen molar-refractivity contribution in [2.24, 2.45) is 4.99 Å². The highest BCUT2D eigenvalue weighted by atomic mass is 14.7. The summed E-state index contributed by atoms with van der Waals surface area (Å²) in [5.74, 6) is 0. The van der Waals surface area contributed by atoms with Crippen molar-refractivity contribution in [3.8, 4) is 0 Å². The second-order valence-corrected chi connectivity index (χ2v) is 3.76. The van der Waals surface area contributed by atoms with Gasteiger partial charge in [-0.2, -0.15) is 0 Å². The zero-order valence-electron chi connectivity index (χ0n) is 9.22. The van der Waals surface area contributed by atoms with Crippen molar-refractivity contribution in [1.29, 1.82) is 0 Å². The topological polar surface area (TPSA) is 38.4 Å². The van der Waals surface area contributed by atoms with Gasteiger partial charge in [0.15, 0.2) is 0 Å². The number of nitrogen functional groups attached to an aromatic ring is 1. The van der Waals surface area contributed by atoms with Gasteiger partial charge in [-0.3, -0.25) is 4.99 Å². The quantitative estimate of drug-likeness (QED) is 0.599. The van der Waals surface area contributed by atoms with Gasteiger partial charge in [0.05, 0.1) is 5.69 Å². The molecule has 2 N–H and O–H groups in total. The first-order valence-electron chi connectivity index (χ1n) is 5.20. The molecule has 2 aromatic carbocycles. The lowest BCUT2D eigenvalue weighted by molar-refractivity contribution is 1.46. The first-order valence-corrected chi connectivity index (χ1v) is 5.20. The normalized spacial score (nSPS) is 10.8. The Balaban J connectivity index is 2.15. The third kappa shape index (κ3) is 2.70. The maximum absolute atomic E-state index is 5.60. The molecule has 2 aromatic rings. The highest BCUT2D eigenvalue weighted by molar-refractivity contribution is 5.82. The molecule has 0 fully saturated rings. The molecule has 0 radical (unpaired) electrons. The number of nitrogens with zero attached hydrogens (tertiary/aromatic N) is 1. The lowest BCUT2D eigenvalue weighted by atomic mass is 10.2. The van der Waals surface area contributed by atoms with E-state index >= 15 is 0 Å². The van der Waals surface area contributed by atoms with Gasteiger partial charge in [-0.1, -0.05) is 29.8 Å². The van der Waals surface area contributed by atoms with Gasteiger partial charge in [0.2, 0.25) is 0 Å². The van der Waals surface area contributed by atoms with E-state index in [4.69, 9.17) is 5.73 Å². The molecular formula is C14H14N2. The van der Waals surface area contributed by atoms with Crippen LogP contribution in [-0.4, -0.2) is 6.21 Å². The van der Waals surface area contributed by atoms with Crippen molar-refractivity contribution in [3.63, 3.8) is 0 Å². The van der Waals surface area contributed by atoms with Gasteiger partial charge in [-0.25, -0.2) is 0 Å². The van der Waals surface area contributed by atoms with E-state index in [1.54, 1.807) is 0 Å². The third-order valence-corrected chi connectivity index (χ3v) is 2.33. The van der Waals surface area contributed by atoms with E-state index in [1.165, 1.54) is 5.56 Å². The molecule has 0 saturated carbocycles. The van der Waals surface area contributed by atoms with Crippen molar-refractivity contribution in [2.45, 2.75) is 6.92 Å². The van der Waals surface area contributed by atoms with Crippen LogP contribution in [0.3, 0.4) is 0 Å². The Hall–Kier alpha value is -2.09. The Morgan fingerprint density at radius 2 is 1.56 bits per heavy atom. The van der Waals surface area contributed by atoms with Gasteiger partial charge in [-0.15, -0.1) is 0 Å². The summed E-state index contributed by atoms with van der Waals surface area (Å²) < 4.78 is 0. The van der Waals surface area contributed by atoms with Gasteiger partial charge in [0.25, 0.3) is 0 Å². The van der Waals surface area contributed by atoms with E-state index in [0.717, 1.165) is 16.9 Å². The summed E-state index contributed by atoms with van der Waals surface area (Å²) in [7, 11) is 0. The van der Waals surface area contributed by atoms with Gasteiger partial charge >= 0.3 is 0 Å². The van der Waals surface area contributed by atoms with Crippen molar-refractivity contribution in [2.75, 3.05) is 5.73 Å². The fourth-order valence-electron chi connectivity index (χ4n) is 1.36. The van der Waals surface area contributed by atoms with Gasteiger partial charge in [-0.05, 0) is 36.8 Å². The predicted molar refractivity (Wildman–Crippen MR) is 69.3 cm³/mol. The molecule has 2 nitrogen and oxygen atoms in total. The summed E-state index contributed by atoms with van der Waals surface area (Å²) >= 11 is 0. The molecule has 0 atom stereocenters. The Labute approximate surface area is 95.5 Å². The molecule has 0 aliphatic carbocycles. The molecule has 0 heterocycles. The zero-order valence-corrected chi connectivity index (χ0v) is 9.22. The van der Waals surface area contributed by atoms with E-state index in [-0.39, 0.29) is 0 Å². The summed E-state index contributed by atoms with van der Waals surface area (Å²) in [6, 6.07) is 15.8. The van der Waals surface area contributed by atoms with Gasteiger partial charge in [0.1, 0.15) is 0 Å². The Bertz CT molecular complexity index is 434. The van der Waals surface area contributed by atoms with Crippen LogP contribution in [0.25, 0.3) is 0 Å². The second kappa shape index (κ2) is 4.62. The minimum Gasteiger partial charge on any atom is -0.399 e. The summed E-state index contributed by atoms with van der Waals surface area (Å²) in [6.07, 6.45) is 1.85. The summed E-state index contributed by atoms with van der Waals surface area (Å²) in [4.78, 5) is 4.37. The van der Waals surface area contributed by atoms with Crippen LogP contribution in [0.4, 0.5) is 11.4 Å². The number of nitrogens with two attached hydrogens (primary N) is 1. The van der Waals surface area contributed by atoms with Gasteiger partial charge in [0, 0.05) is 11.9 Å². The van der Waals surface area contributed by atoms with Crippen LogP contribution in [-0.2, 0) is 0 Å². The average Bonchev–Trinajstić information content (AvgIpc) is 2.30. The summed E-state index contributed by atoms with van der Waals surface area (Å²) in [5, 5.41) is 0. The highest BCUT2D eigenvalue weighted by Crippen LogP contribution is 2.14. The molecular weight excluding hydrogens is 196 g/mol. The van der Waals surface area contributed by atoms with Crippen molar-refractivity contribution in [1.82, 2.24) is 0 Å². The minimum atomic E-state index is 0.759. The van der Waals surface area contributed by atoms with Crippen LogP contribution in [0, 0.1) is 6.92 Å². The maximum atomic E-state index is 5.60. The number of rotatable bonds is 2. The number of hydrogen-bond donors (Lipinski definition) is 1. The molecule has 2 rings (SSSR count). The van der Waals surface area contributed by atoms with Crippen molar-refractivity contribution in [3.05, 3.63) is 59.7 Å². The summed E-state index contributed by atoms with van der Waals surface area (Å²) in [5.41, 5.74) is 9.62. The molecule has 0 aliphatic rings. The molecule has 0 aliphatic heterocycles. The van der Waals surface area contributed by atoms with Gasteiger partial charge < -0.3 is 5.73 Å². The second-order valence-electron chi connectivity index (χ2n) is 3.76. The Kier molecular flexibility index (Phi) is 3.01. The van der Waals surface area contributed by atoms with E-state index in [2.05, 4.69) is 36.2 Å². The monoisotopic (exact) mass is 210 g/mol. The number of aliphatic imine (C=N–C) groups is 1. The van der Waals surface area contributed by atoms with E-state index in [1.807, 2.05) is 30.5 Å². The maximum Gasteiger partial charge on any atom is 0.0631 e. The minimum absolute atomic E-state index is 0.759. The number of aryl methyl sites for hydroxylation is 1. The molecule has 0 spiro atoms. The Morgan fingerprint density at radius 1 is 0.938 bits per heavy atom. The first-order chi connectivity index (χ1) is 7.74. The lowest BCUT2D eigenvalue weighted by Crippen LogP contribution is -1.82. The Morgan fingerprint density at radius 3 is 2.19 bits per heavy atom. The zero-order chi connectivity index (χ0) is 11.4. The molecule has 0 unspecified atom stereocenters. The number of hydrogen-bond acceptors (Lipinski definition) is 2. The molecule has 16 heavy (non-hydrogen) atoms.